The molecular formula is C24H32NO6+. The maximum absolute atomic E-state index is 11.4. The van der Waals surface area contributed by atoms with Gasteiger partial charge in [0.1, 0.15) is 6.04 Å². The second-order valence-electron chi connectivity index (χ2n) is 8.14. The van der Waals surface area contributed by atoms with Crippen molar-refractivity contribution in [3.8, 4) is 23.0 Å². The molecule has 0 spiro atoms. The molecule has 1 heterocycles. The lowest BCUT2D eigenvalue weighted by Gasteiger charge is -2.46. The summed E-state index contributed by atoms with van der Waals surface area (Å²) >= 11 is 0. The molecule has 0 saturated carbocycles. The monoisotopic (exact) mass is 430 g/mol. The van der Waals surface area contributed by atoms with Gasteiger partial charge in [-0.15, -0.1) is 0 Å². The Bertz CT molecular complexity index is 944. The van der Waals surface area contributed by atoms with Crippen LogP contribution in [-0.2, 0) is 17.6 Å². The molecule has 0 aliphatic carbocycles. The van der Waals surface area contributed by atoms with Crippen molar-refractivity contribution in [1.82, 2.24) is 0 Å². The van der Waals surface area contributed by atoms with Gasteiger partial charge in [0, 0.05) is 18.4 Å². The van der Waals surface area contributed by atoms with Crippen molar-refractivity contribution in [3.05, 3.63) is 47.0 Å². The van der Waals surface area contributed by atoms with Crippen molar-refractivity contribution in [2.75, 3.05) is 48.6 Å². The maximum atomic E-state index is 11.4. The van der Waals surface area contributed by atoms with Gasteiger partial charge in [-0.2, -0.15) is 0 Å². The topological polar surface area (TPSA) is 74.2 Å². The zero-order valence-electron chi connectivity index (χ0n) is 18.9. The summed E-state index contributed by atoms with van der Waals surface area (Å²) in [7, 11) is 8.67. The molecule has 0 amide bonds. The summed E-state index contributed by atoms with van der Waals surface area (Å²) in [6, 6.07) is 10.1. The van der Waals surface area contributed by atoms with Crippen molar-refractivity contribution in [2.45, 2.75) is 25.3 Å². The Labute approximate surface area is 183 Å². The first-order chi connectivity index (χ1) is 14.8. The lowest BCUT2D eigenvalue weighted by molar-refractivity contribution is -0.940. The zero-order chi connectivity index (χ0) is 22.6. The molecular weight excluding hydrogens is 398 g/mol. The maximum Gasteiger partial charge on any atom is 0.309 e. The number of benzene rings is 2. The SMILES string of the molecule is COc1ccc(C[C@@H]2c3cc(OC)c(OC)cc3CC[N@+]2(C)CCC(=O)O)cc1OC. The highest BCUT2D eigenvalue weighted by atomic mass is 16.5. The van der Waals surface area contributed by atoms with Crippen molar-refractivity contribution in [1.29, 1.82) is 0 Å². The van der Waals surface area contributed by atoms with E-state index in [4.69, 9.17) is 18.9 Å². The molecule has 1 aliphatic rings. The van der Waals surface area contributed by atoms with Gasteiger partial charge in [-0.25, -0.2) is 0 Å². The molecule has 0 radical (unpaired) electrons. The highest BCUT2D eigenvalue weighted by molar-refractivity contribution is 5.66. The summed E-state index contributed by atoms with van der Waals surface area (Å²) in [5, 5.41) is 9.33. The minimum Gasteiger partial charge on any atom is -0.493 e. The van der Waals surface area contributed by atoms with Crippen molar-refractivity contribution < 1.29 is 33.3 Å². The van der Waals surface area contributed by atoms with Crippen LogP contribution in [0.15, 0.2) is 30.3 Å². The number of hydrogen-bond donors (Lipinski definition) is 1. The fraction of sp³-hybridized carbons (Fsp3) is 0.458. The largest absolute Gasteiger partial charge is 0.493 e. The smallest absolute Gasteiger partial charge is 0.309 e. The Kier molecular flexibility index (Phi) is 6.95. The first-order valence-electron chi connectivity index (χ1n) is 10.4. The fourth-order valence-corrected chi connectivity index (χ4v) is 4.51. The van der Waals surface area contributed by atoms with Crippen LogP contribution in [0.3, 0.4) is 0 Å². The first kappa shape index (κ1) is 22.7. The zero-order valence-corrected chi connectivity index (χ0v) is 18.9. The van der Waals surface area contributed by atoms with Gasteiger partial charge >= 0.3 is 5.97 Å². The molecule has 31 heavy (non-hydrogen) atoms. The van der Waals surface area contributed by atoms with E-state index in [1.807, 2.05) is 18.2 Å². The van der Waals surface area contributed by atoms with Gasteiger partial charge in [-0.3, -0.25) is 4.79 Å². The highest BCUT2D eigenvalue weighted by Gasteiger charge is 2.40. The molecule has 2 aromatic rings. The van der Waals surface area contributed by atoms with E-state index in [-0.39, 0.29) is 12.5 Å². The number of hydrogen-bond acceptors (Lipinski definition) is 5. The Morgan fingerprint density at radius 1 is 0.968 bits per heavy atom. The van der Waals surface area contributed by atoms with Crippen LogP contribution < -0.4 is 18.9 Å². The normalized spacial score (nSPS) is 20.0. The van der Waals surface area contributed by atoms with Gasteiger partial charge in [0.15, 0.2) is 23.0 Å². The number of quaternary nitrogens is 1. The van der Waals surface area contributed by atoms with Gasteiger partial charge in [-0.05, 0) is 35.4 Å². The number of carboxylic acid groups (broad SMARTS) is 1. The van der Waals surface area contributed by atoms with E-state index in [0.29, 0.717) is 34.0 Å². The molecule has 0 unspecified atom stereocenters. The van der Waals surface area contributed by atoms with Gasteiger partial charge < -0.3 is 28.5 Å². The van der Waals surface area contributed by atoms with Crippen molar-refractivity contribution in [3.63, 3.8) is 0 Å². The molecule has 7 heteroatoms. The molecule has 2 aromatic carbocycles. The number of rotatable bonds is 9. The summed E-state index contributed by atoms with van der Waals surface area (Å²) in [5.41, 5.74) is 3.49. The van der Waals surface area contributed by atoms with Crippen LogP contribution >= 0.6 is 0 Å². The van der Waals surface area contributed by atoms with Crippen LogP contribution in [0.1, 0.15) is 29.2 Å². The van der Waals surface area contributed by atoms with Crippen LogP contribution in [0.5, 0.6) is 23.0 Å². The standard InChI is InChI=1S/C24H31NO6/c1-25(11-9-24(26)27)10-8-17-14-22(30-4)23(31-5)15-18(17)19(25)12-16-6-7-20(28-2)21(13-16)29-3/h6-7,13-15,19H,8-12H2,1-5H3/p+1/t19-,25-/m1/s1. The van der Waals surface area contributed by atoms with Crippen LogP contribution in [0.4, 0.5) is 0 Å². The summed E-state index contributed by atoms with van der Waals surface area (Å²) < 4.78 is 22.6. The van der Waals surface area contributed by atoms with E-state index in [1.54, 1.807) is 28.4 Å². The second kappa shape index (κ2) is 9.47. The molecule has 0 aromatic heterocycles. The Morgan fingerprint density at radius 2 is 1.58 bits per heavy atom. The minimum atomic E-state index is -0.776. The average Bonchev–Trinajstić information content (AvgIpc) is 2.78. The van der Waals surface area contributed by atoms with Gasteiger partial charge in [0.25, 0.3) is 0 Å². The van der Waals surface area contributed by atoms with E-state index in [9.17, 15) is 9.90 Å². The summed E-state index contributed by atoms with van der Waals surface area (Å²) in [5.74, 6) is 1.99. The van der Waals surface area contributed by atoms with Gasteiger partial charge in [0.05, 0.1) is 55.0 Å². The quantitative estimate of drug-likeness (QED) is 0.614. The summed E-state index contributed by atoms with van der Waals surface area (Å²) in [4.78, 5) is 11.4. The van der Waals surface area contributed by atoms with Crippen LogP contribution in [0.2, 0.25) is 0 Å². The number of nitrogens with zero attached hydrogens (tertiary/aromatic N) is 1. The van der Waals surface area contributed by atoms with E-state index < -0.39 is 5.97 Å². The van der Waals surface area contributed by atoms with Crippen LogP contribution in [0, 0.1) is 0 Å². The molecule has 0 saturated heterocycles. The lowest BCUT2D eigenvalue weighted by Crippen LogP contribution is -2.53. The molecule has 0 bridgehead atoms. The lowest BCUT2D eigenvalue weighted by atomic mass is 9.86. The molecule has 2 atom stereocenters. The minimum absolute atomic E-state index is 0.0704. The highest BCUT2D eigenvalue weighted by Crippen LogP contribution is 2.43. The Balaban J connectivity index is 2.06. The number of methoxy groups -OCH3 is 4. The molecule has 1 aliphatic heterocycles. The summed E-state index contributed by atoms with van der Waals surface area (Å²) in [6.07, 6.45) is 1.72. The molecule has 7 nitrogen and oxygen atoms in total. The molecule has 1 N–H and O–H groups in total. The van der Waals surface area contributed by atoms with Crippen LogP contribution in [0.25, 0.3) is 0 Å². The molecule has 3 rings (SSSR count). The molecule has 168 valence electrons. The van der Waals surface area contributed by atoms with E-state index >= 15 is 0 Å². The van der Waals surface area contributed by atoms with Gasteiger partial charge in [0.2, 0.25) is 0 Å². The third kappa shape index (κ3) is 4.71. The predicted octanol–water partition coefficient (Wildman–Crippen LogP) is 3.48. The van der Waals surface area contributed by atoms with E-state index in [0.717, 1.165) is 24.9 Å². The fourth-order valence-electron chi connectivity index (χ4n) is 4.51. The van der Waals surface area contributed by atoms with Crippen LogP contribution in [-0.4, -0.2) is 64.1 Å². The number of aliphatic carboxylic acids is 1. The predicted molar refractivity (Wildman–Crippen MR) is 117 cm³/mol. The van der Waals surface area contributed by atoms with Crippen molar-refractivity contribution >= 4 is 5.97 Å². The third-order valence-corrected chi connectivity index (χ3v) is 6.36. The third-order valence-electron chi connectivity index (χ3n) is 6.36. The van der Waals surface area contributed by atoms with Crippen molar-refractivity contribution in [2.24, 2.45) is 0 Å². The van der Waals surface area contributed by atoms with E-state index in [2.05, 4.69) is 19.2 Å². The Hall–Kier alpha value is -2.93. The number of fused-ring (bicyclic) bond motifs is 1. The summed E-state index contributed by atoms with van der Waals surface area (Å²) in [6.45, 7) is 1.41. The number of carboxylic acids is 1. The van der Waals surface area contributed by atoms with Gasteiger partial charge in [-0.1, -0.05) is 6.07 Å². The first-order valence-corrected chi connectivity index (χ1v) is 10.4. The van der Waals surface area contributed by atoms with E-state index in [1.165, 1.54) is 11.1 Å². The second-order valence-corrected chi connectivity index (χ2v) is 8.14. The number of carbonyl (C=O) groups is 1. The Morgan fingerprint density at radius 3 is 2.19 bits per heavy atom. The number of ether oxygens (including phenoxy) is 4. The molecule has 0 fully saturated rings. The number of likely N-dealkylation sites (N-methyl/N-ethyl adjacent to an activating group) is 1. The average molecular weight is 431 g/mol.